The molecule has 5 rings (SSSR count). The van der Waals surface area contributed by atoms with Crippen LogP contribution < -0.4 is 0 Å². The first-order chi connectivity index (χ1) is 17.6. The van der Waals surface area contributed by atoms with E-state index in [0.717, 1.165) is 19.3 Å². The standard InChI is InChI=1S/C32H48O6/c1-17(2)13-19-14-20(28(36)38-19)21-9-10-23-31(21,7)16-22(34)27-30(6)12-11-25(35)29(4,5)24(30)15-26(32(23,27)8)37-18(3)33/h10-12,17,19-22,24,26-28,34,36H,9,13-16H2,1-8H3. The SMILES string of the molecule is CC(=O)OC1CC2C(C)(C)C(=O)C=CC2(C)C2C(O)CC3(C)C(=CCC3C3CC(CC(C)C)OC3O)C12C. The van der Waals surface area contributed by atoms with Gasteiger partial charge >= 0.3 is 5.97 Å². The Morgan fingerprint density at radius 2 is 1.84 bits per heavy atom. The monoisotopic (exact) mass is 528 g/mol. The molecule has 6 heteroatoms. The Kier molecular flexibility index (Phi) is 6.65. The number of fused-ring (bicyclic) bond motifs is 5. The molecule has 4 aliphatic carbocycles. The van der Waals surface area contributed by atoms with Gasteiger partial charge in [-0.2, -0.15) is 0 Å². The molecule has 212 valence electrons. The van der Waals surface area contributed by atoms with Crippen molar-refractivity contribution in [2.45, 2.75) is 112 Å². The second kappa shape index (κ2) is 9.01. The van der Waals surface area contributed by atoms with Crippen LogP contribution in [0.25, 0.3) is 0 Å². The van der Waals surface area contributed by atoms with Crippen LogP contribution in [-0.4, -0.2) is 46.6 Å². The fourth-order valence-corrected chi connectivity index (χ4v) is 10.3. The van der Waals surface area contributed by atoms with Crippen LogP contribution in [0.4, 0.5) is 0 Å². The summed E-state index contributed by atoms with van der Waals surface area (Å²) in [4.78, 5) is 25.5. The lowest BCUT2D eigenvalue weighted by atomic mass is 9.37. The van der Waals surface area contributed by atoms with E-state index in [-0.39, 0.29) is 46.9 Å². The van der Waals surface area contributed by atoms with Gasteiger partial charge < -0.3 is 19.7 Å². The predicted molar refractivity (Wildman–Crippen MR) is 145 cm³/mol. The first-order valence-electron chi connectivity index (χ1n) is 14.7. The minimum absolute atomic E-state index is 0.00455. The van der Waals surface area contributed by atoms with Gasteiger partial charge in [-0.1, -0.05) is 66.2 Å². The minimum Gasteiger partial charge on any atom is -0.462 e. The molecule has 0 aromatic heterocycles. The molecule has 0 spiro atoms. The number of hydrogen-bond acceptors (Lipinski definition) is 6. The van der Waals surface area contributed by atoms with E-state index in [0.29, 0.717) is 18.8 Å². The molecule has 2 saturated carbocycles. The third-order valence-corrected chi connectivity index (χ3v) is 11.7. The maximum absolute atomic E-state index is 13.0. The van der Waals surface area contributed by atoms with Crippen molar-refractivity contribution in [3.05, 3.63) is 23.8 Å². The molecule has 11 unspecified atom stereocenters. The van der Waals surface area contributed by atoms with Crippen molar-refractivity contribution in [3.63, 3.8) is 0 Å². The lowest BCUT2D eigenvalue weighted by Gasteiger charge is -2.67. The predicted octanol–water partition coefficient (Wildman–Crippen LogP) is 5.22. The maximum atomic E-state index is 13.0. The Morgan fingerprint density at radius 1 is 1.16 bits per heavy atom. The first kappa shape index (κ1) is 28.0. The Bertz CT molecular complexity index is 1060. The van der Waals surface area contributed by atoms with Crippen molar-refractivity contribution in [3.8, 4) is 0 Å². The third-order valence-electron chi connectivity index (χ3n) is 11.7. The molecular weight excluding hydrogens is 480 g/mol. The highest BCUT2D eigenvalue weighted by atomic mass is 16.6. The van der Waals surface area contributed by atoms with Crippen LogP contribution in [-0.2, 0) is 19.1 Å². The molecule has 1 saturated heterocycles. The summed E-state index contributed by atoms with van der Waals surface area (Å²) in [5.74, 6) is 0.117. The highest BCUT2D eigenvalue weighted by molar-refractivity contribution is 5.95. The summed E-state index contributed by atoms with van der Waals surface area (Å²) in [6, 6.07) is 0. The van der Waals surface area contributed by atoms with Crippen molar-refractivity contribution in [2.75, 3.05) is 0 Å². The van der Waals surface area contributed by atoms with Crippen LogP contribution in [0.5, 0.6) is 0 Å². The van der Waals surface area contributed by atoms with Crippen LogP contribution in [0.3, 0.4) is 0 Å². The number of esters is 1. The van der Waals surface area contributed by atoms with Crippen molar-refractivity contribution in [1.29, 1.82) is 0 Å². The van der Waals surface area contributed by atoms with Gasteiger partial charge in [-0.05, 0) is 66.8 Å². The number of ketones is 1. The van der Waals surface area contributed by atoms with Gasteiger partial charge in [0.15, 0.2) is 12.1 Å². The molecule has 5 aliphatic rings. The zero-order valence-corrected chi connectivity index (χ0v) is 24.5. The average Bonchev–Trinajstić information content (AvgIpc) is 3.30. The molecule has 1 aliphatic heterocycles. The second-order valence-corrected chi connectivity index (χ2v) is 14.8. The van der Waals surface area contributed by atoms with E-state index >= 15 is 0 Å². The highest BCUT2D eigenvalue weighted by Crippen LogP contribution is 2.72. The van der Waals surface area contributed by atoms with Crippen LogP contribution in [0, 0.1) is 51.2 Å². The van der Waals surface area contributed by atoms with Crippen LogP contribution >= 0.6 is 0 Å². The lowest BCUT2D eigenvalue weighted by Crippen LogP contribution is -2.68. The number of aliphatic hydroxyl groups excluding tert-OH is 2. The fraction of sp³-hybridized carbons (Fsp3) is 0.812. The number of rotatable bonds is 4. The van der Waals surface area contributed by atoms with Gasteiger partial charge in [-0.25, -0.2) is 0 Å². The lowest BCUT2D eigenvalue weighted by molar-refractivity contribution is -0.211. The smallest absolute Gasteiger partial charge is 0.302 e. The molecule has 1 heterocycles. The molecular formula is C32H48O6. The number of hydrogen-bond donors (Lipinski definition) is 2. The van der Waals surface area contributed by atoms with E-state index < -0.39 is 34.7 Å². The quantitative estimate of drug-likeness (QED) is 0.384. The summed E-state index contributed by atoms with van der Waals surface area (Å²) < 4.78 is 12.2. The number of ether oxygens (including phenoxy) is 2. The van der Waals surface area contributed by atoms with Gasteiger partial charge in [0, 0.05) is 29.6 Å². The molecule has 11 atom stereocenters. The minimum atomic E-state index is -0.804. The average molecular weight is 529 g/mol. The highest BCUT2D eigenvalue weighted by Gasteiger charge is 2.71. The van der Waals surface area contributed by atoms with E-state index in [1.807, 2.05) is 19.9 Å². The van der Waals surface area contributed by atoms with Gasteiger partial charge in [0.1, 0.15) is 6.10 Å². The van der Waals surface area contributed by atoms with E-state index in [9.17, 15) is 19.8 Å². The second-order valence-electron chi connectivity index (χ2n) is 14.8. The van der Waals surface area contributed by atoms with Gasteiger partial charge in [0.05, 0.1) is 12.2 Å². The summed E-state index contributed by atoms with van der Waals surface area (Å²) >= 11 is 0. The molecule has 0 bridgehead atoms. The van der Waals surface area contributed by atoms with Crippen LogP contribution in [0.15, 0.2) is 23.8 Å². The zero-order chi connectivity index (χ0) is 28.0. The van der Waals surface area contributed by atoms with E-state index in [4.69, 9.17) is 9.47 Å². The van der Waals surface area contributed by atoms with Crippen molar-refractivity contribution < 1.29 is 29.3 Å². The topological polar surface area (TPSA) is 93.1 Å². The number of allylic oxidation sites excluding steroid dienone is 3. The first-order valence-corrected chi connectivity index (χ1v) is 14.7. The van der Waals surface area contributed by atoms with E-state index in [1.54, 1.807) is 6.08 Å². The Labute approximate surface area is 228 Å². The normalized spacial score (nSPS) is 49.3. The van der Waals surface area contributed by atoms with Crippen LogP contribution in [0.1, 0.15) is 87.5 Å². The van der Waals surface area contributed by atoms with Crippen molar-refractivity contribution >= 4 is 11.8 Å². The largest absolute Gasteiger partial charge is 0.462 e. The Hall–Kier alpha value is -1.50. The van der Waals surface area contributed by atoms with Crippen LogP contribution in [0.2, 0.25) is 0 Å². The van der Waals surface area contributed by atoms with E-state index in [2.05, 4.69) is 40.7 Å². The zero-order valence-electron chi connectivity index (χ0n) is 24.5. The number of carbonyl (C=O) groups is 2. The molecule has 2 N–H and O–H groups in total. The summed E-state index contributed by atoms with van der Waals surface area (Å²) in [6.45, 7) is 16.4. The number of aliphatic hydroxyl groups is 2. The molecule has 0 amide bonds. The molecule has 3 fully saturated rings. The summed E-state index contributed by atoms with van der Waals surface area (Å²) in [7, 11) is 0. The molecule has 38 heavy (non-hydrogen) atoms. The molecule has 0 radical (unpaired) electrons. The van der Waals surface area contributed by atoms with Gasteiger partial charge in [-0.15, -0.1) is 0 Å². The Balaban J connectivity index is 1.57. The third kappa shape index (κ3) is 3.83. The molecule has 6 nitrogen and oxygen atoms in total. The van der Waals surface area contributed by atoms with E-state index in [1.165, 1.54) is 12.5 Å². The summed E-state index contributed by atoms with van der Waals surface area (Å²) in [5, 5.41) is 23.1. The maximum Gasteiger partial charge on any atom is 0.302 e. The fourth-order valence-electron chi connectivity index (χ4n) is 10.3. The van der Waals surface area contributed by atoms with Gasteiger partial charge in [0.2, 0.25) is 0 Å². The number of carbonyl (C=O) groups excluding carboxylic acids is 2. The molecule has 0 aromatic rings. The summed E-state index contributed by atoms with van der Waals surface area (Å²) in [6.07, 6.45) is 7.96. The van der Waals surface area contributed by atoms with Gasteiger partial charge in [0.25, 0.3) is 0 Å². The summed E-state index contributed by atoms with van der Waals surface area (Å²) in [5.41, 5.74) is -0.745. The van der Waals surface area contributed by atoms with Crippen molar-refractivity contribution in [1.82, 2.24) is 0 Å². The molecule has 0 aromatic carbocycles. The Morgan fingerprint density at radius 3 is 2.47 bits per heavy atom. The van der Waals surface area contributed by atoms with Gasteiger partial charge in [-0.3, -0.25) is 9.59 Å². The van der Waals surface area contributed by atoms with Crippen molar-refractivity contribution in [2.24, 2.45) is 51.2 Å².